The molecule has 17 heavy (non-hydrogen) atoms. The quantitative estimate of drug-likeness (QED) is 0.756. The lowest BCUT2D eigenvalue weighted by molar-refractivity contribution is 0.0509. The first kappa shape index (κ1) is 16.2. The van der Waals surface area contributed by atoms with E-state index in [0.717, 1.165) is 12.8 Å². The maximum absolute atomic E-state index is 11.4. The molecule has 0 aliphatic heterocycles. The number of carbonyl (C=O) groups excluding carboxylic acids is 1. The van der Waals surface area contributed by atoms with E-state index in [0.29, 0.717) is 12.5 Å². The minimum absolute atomic E-state index is 0.0974. The lowest BCUT2D eigenvalue weighted by Crippen LogP contribution is -2.36. The summed E-state index contributed by atoms with van der Waals surface area (Å²) in [5.41, 5.74) is -0.477. The van der Waals surface area contributed by atoms with E-state index >= 15 is 0 Å². The highest BCUT2D eigenvalue weighted by molar-refractivity contribution is 5.67. The number of rotatable bonds is 6. The number of amides is 1. The summed E-state index contributed by atoms with van der Waals surface area (Å²) in [6.45, 7) is 10.3. The number of carbonyl (C=O) groups is 1. The first-order chi connectivity index (χ1) is 7.78. The van der Waals surface area contributed by atoms with Gasteiger partial charge in [0.25, 0.3) is 0 Å². The highest BCUT2D eigenvalue weighted by Gasteiger charge is 2.18. The second kappa shape index (κ2) is 7.54. The predicted octanol–water partition coefficient (Wildman–Crippen LogP) is 2.56. The molecule has 2 atom stereocenters. The summed E-state index contributed by atoms with van der Waals surface area (Å²) in [5.74, 6) is 0.671. The van der Waals surface area contributed by atoms with Crippen molar-refractivity contribution < 1.29 is 14.6 Å². The fourth-order valence-electron chi connectivity index (χ4n) is 1.50. The van der Waals surface area contributed by atoms with Crippen LogP contribution < -0.4 is 5.32 Å². The molecule has 0 radical (unpaired) electrons. The van der Waals surface area contributed by atoms with Crippen molar-refractivity contribution >= 4 is 6.09 Å². The molecule has 0 saturated carbocycles. The van der Waals surface area contributed by atoms with Crippen LogP contribution in [-0.2, 0) is 4.74 Å². The molecule has 4 nitrogen and oxygen atoms in total. The molecule has 0 rings (SSSR count). The van der Waals surface area contributed by atoms with Gasteiger partial charge < -0.3 is 15.2 Å². The van der Waals surface area contributed by atoms with Gasteiger partial charge in [-0.15, -0.1) is 0 Å². The Hall–Kier alpha value is -0.770. The van der Waals surface area contributed by atoms with Gasteiger partial charge in [-0.25, -0.2) is 4.79 Å². The van der Waals surface area contributed by atoms with E-state index in [1.807, 2.05) is 20.8 Å². The first-order valence-electron chi connectivity index (χ1n) is 6.36. The average molecular weight is 245 g/mol. The molecule has 0 aromatic rings. The van der Waals surface area contributed by atoms with E-state index in [4.69, 9.17) is 4.74 Å². The van der Waals surface area contributed by atoms with Crippen LogP contribution in [0.1, 0.15) is 47.5 Å². The van der Waals surface area contributed by atoms with E-state index < -0.39 is 11.7 Å². The standard InChI is InChI=1S/C13H27NO3/c1-6-10(2)7-11(9-15)8-14-12(16)17-13(3,4)5/h10-11,15H,6-9H2,1-5H3,(H,14,16). The first-order valence-corrected chi connectivity index (χ1v) is 6.36. The lowest BCUT2D eigenvalue weighted by atomic mass is 9.94. The minimum Gasteiger partial charge on any atom is -0.444 e. The highest BCUT2D eigenvalue weighted by Crippen LogP contribution is 2.14. The van der Waals surface area contributed by atoms with Crippen LogP contribution in [0.4, 0.5) is 4.79 Å². The lowest BCUT2D eigenvalue weighted by Gasteiger charge is -2.22. The molecule has 0 saturated heterocycles. The van der Waals surface area contributed by atoms with Crippen molar-refractivity contribution in [3.05, 3.63) is 0 Å². The van der Waals surface area contributed by atoms with E-state index in [9.17, 15) is 9.90 Å². The summed E-state index contributed by atoms with van der Waals surface area (Å²) in [7, 11) is 0. The number of hydrogen-bond donors (Lipinski definition) is 2. The van der Waals surface area contributed by atoms with Crippen molar-refractivity contribution in [1.82, 2.24) is 5.32 Å². The fraction of sp³-hybridized carbons (Fsp3) is 0.923. The molecule has 0 fully saturated rings. The molecular weight excluding hydrogens is 218 g/mol. The van der Waals surface area contributed by atoms with Gasteiger partial charge in [0.05, 0.1) is 0 Å². The number of nitrogens with one attached hydrogen (secondary N) is 1. The summed E-state index contributed by atoms with van der Waals surface area (Å²) in [5, 5.41) is 11.9. The van der Waals surface area contributed by atoms with Gasteiger partial charge in [0.15, 0.2) is 0 Å². The van der Waals surface area contributed by atoms with Crippen LogP contribution in [-0.4, -0.2) is 30.0 Å². The zero-order chi connectivity index (χ0) is 13.5. The predicted molar refractivity (Wildman–Crippen MR) is 68.9 cm³/mol. The van der Waals surface area contributed by atoms with Gasteiger partial charge in [-0.05, 0) is 39.0 Å². The third-order valence-corrected chi connectivity index (χ3v) is 2.62. The van der Waals surface area contributed by atoms with Crippen LogP contribution in [0.5, 0.6) is 0 Å². The summed E-state index contributed by atoms with van der Waals surface area (Å²) >= 11 is 0. The van der Waals surface area contributed by atoms with E-state index in [-0.39, 0.29) is 12.5 Å². The Bertz CT molecular complexity index is 223. The molecule has 2 N–H and O–H groups in total. The largest absolute Gasteiger partial charge is 0.444 e. The van der Waals surface area contributed by atoms with Gasteiger partial charge in [-0.2, -0.15) is 0 Å². The SMILES string of the molecule is CCC(C)CC(CO)CNC(=O)OC(C)(C)C. The van der Waals surface area contributed by atoms with Gasteiger partial charge in [0, 0.05) is 13.2 Å². The highest BCUT2D eigenvalue weighted by atomic mass is 16.6. The third kappa shape index (κ3) is 8.98. The van der Waals surface area contributed by atoms with Crippen molar-refractivity contribution in [2.24, 2.45) is 11.8 Å². The Morgan fingerprint density at radius 1 is 1.41 bits per heavy atom. The summed E-state index contributed by atoms with van der Waals surface area (Å²) < 4.78 is 5.13. The van der Waals surface area contributed by atoms with Crippen LogP contribution >= 0.6 is 0 Å². The molecule has 1 amide bonds. The van der Waals surface area contributed by atoms with Crippen LogP contribution in [0.15, 0.2) is 0 Å². The summed E-state index contributed by atoms with van der Waals surface area (Å²) in [4.78, 5) is 11.4. The average Bonchev–Trinajstić information content (AvgIpc) is 2.21. The van der Waals surface area contributed by atoms with Gasteiger partial charge in [0.2, 0.25) is 0 Å². The third-order valence-electron chi connectivity index (χ3n) is 2.62. The molecule has 0 aliphatic rings. The van der Waals surface area contributed by atoms with Crippen LogP contribution in [0, 0.1) is 11.8 Å². The van der Waals surface area contributed by atoms with Crippen LogP contribution in [0.25, 0.3) is 0 Å². The zero-order valence-electron chi connectivity index (χ0n) is 11.7. The van der Waals surface area contributed by atoms with E-state index in [1.165, 1.54) is 0 Å². The maximum Gasteiger partial charge on any atom is 0.407 e. The van der Waals surface area contributed by atoms with E-state index in [1.54, 1.807) is 0 Å². The Morgan fingerprint density at radius 2 is 2.00 bits per heavy atom. The molecular formula is C13H27NO3. The van der Waals surface area contributed by atoms with Crippen molar-refractivity contribution in [1.29, 1.82) is 0 Å². The molecule has 0 aliphatic carbocycles. The molecule has 0 aromatic carbocycles. The number of hydrogen-bond acceptors (Lipinski definition) is 3. The number of alkyl carbamates (subject to hydrolysis) is 1. The monoisotopic (exact) mass is 245 g/mol. The van der Waals surface area contributed by atoms with Crippen LogP contribution in [0.2, 0.25) is 0 Å². The summed E-state index contributed by atoms with van der Waals surface area (Å²) in [6, 6.07) is 0. The zero-order valence-corrected chi connectivity index (χ0v) is 11.7. The molecule has 4 heteroatoms. The van der Waals surface area contributed by atoms with Gasteiger partial charge in [-0.3, -0.25) is 0 Å². The molecule has 0 heterocycles. The van der Waals surface area contributed by atoms with E-state index in [2.05, 4.69) is 19.2 Å². The van der Waals surface area contributed by atoms with Gasteiger partial charge >= 0.3 is 6.09 Å². The Morgan fingerprint density at radius 3 is 2.41 bits per heavy atom. The fourth-order valence-corrected chi connectivity index (χ4v) is 1.50. The van der Waals surface area contributed by atoms with Crippen molar-refractivity contribution in [3.8, 4) is 0 Å². The Kier molecular flexibility index (Phi) is 7.19. The van der Waals surface area contributed by atoms with Crippen molar-refractivity contribution in [2.75, 3.05) is 13.2 Å². The number of ether oxygens (including phenoxy) is 1. The molecule has 0 aromatic heterocycles. The maximum atomic E-state index is 11.4. The van der Waals surface area contributed by atoms with Gasteiger partial charge in [0.1, 0.15) is 5.60 Å². The molecule has 102 valence electrons. The molecule has 2 unspecified atom stereocenters. The second-order valence-corrected chi connectivity index (χ2v) is 5.68. The molecule has 0 spiro atoms. The van der Waals surface area contributed by atoms with Crippen LogP contribution in [0.3, 0.4) is 0 Å². The molecule has 0 bridgehead atoms. The van der Waals surface area contributed by atoms with Crippen molar-refractivity contribution in [3.63, 3.8) is 0 Å². The topological polar surface area (TPSA) is 58.6 Å². The number of aliphatic hydroxyl groups is 1. The Labute approximate surface area is 105 Å². The van der Waals surface area contributed by atoms with Crippen molar-refractivity contribution in [2.45, 2.75) is 53.1 Å². The minimum atomic E-state index is -0.477. The second-order valence-electron chi connectivity index (χ2n) is 5.68. The number of aliphatic hydroxyl groups excluding tert-OH is 1. The Balaban J connectivity index is 3.94. The van der Waals surface area contributed by atoms with Gasteiger partial charge in [-0.1, -0.05) is 20.3 Å². The summed E-state index contributed by atoms with van der Waals surface area (Å²) in [6.07, 6.45) is 1.59. The normalized spacial score (nSPS) is 15.2. The smallest absolute Gasteiger partial charge is 0.407 e.